The molecule has 2 aromatic rings. The van der Waals surface area contributed by atoms with Crippen LogP contribution in [-0.2, 0) is 9.59 Å². The smallest absolute Gasteiger partial charge is 0.243 e. The number of hydrogen-bond acceptors (Lipinski definition) is 4. The Morgan fingerprint density at radius 1 is 1.23 bits per heavy atom. The lowest BCUT2D eigenvalue weighted by Gasteiger charge is -2.25. The molecule has 0 saturated heterocycles. The zero-order valence-corrected chi connectivity index (χ0v) is 15.2. The van der Waals surface area contributed by atoms with Crippen molar-refractivity contribution < 1.29 is 9.59 Å². The van der Waals surface area contributed by atoms with E-state index in [1.807, 2.05) is 24.4 Å². The molecule has 1 fully saturated rings. The Labute approximate surface area is 158 Å². The maximum absolute atomic E-state index is 12.1. The average molecular weight is 378 g/mol. The molecule has 7 nitrogen and oxygen atoms in total. The number of amides is 2. The number of halogens is 1. The van der Waals surface area contributed by atoms with Gasteiger partial charge in [-0.3, -0.25) is 9.59 Å². The molecule has 1 aliphatic carbocycles. The minimum atomic E-state index is -0.250. The van der Waals surface area contributed by atoms with Crippen LogP contribution in [0.4, 0.5) is 5.69 Å². The van der Waals surface area contributed by atoms with Crippen molar-refractivity contribution in [2.24, 2.45) is 11.7 Å². The summed E-state index contributed by atoms with van der Waals surface area (Å²) in [7, 11) is 0. The summed E-state index contributed by atoms with van der Waals surface area (Å²) in [5.74, 6) is -0.412. The van der Waals surface area contributed by atoms with Crippen LogP contribution in [-0.4, -0.2) is 34.2 Å². The lowest BCUT2D eigenvalue weighted by Crippen LogP contribution is -2.40. The van der Waals surface area contributed by atoms with Crippen molar-refractivity contribution in [1.29, 1.82) is 0 Å². The van der Waals surface area contributed by atoms with Gasteiger partial charge in [-0.2, -0.15) is 5.10 Å². The molecular weight excluding hydrogens is 354 g/mol. The Morgan fingerprint density at radius 2 is 2.00 bits per heavy atom. The molecule has 2 amide bonds. The molecule has 0 bridgehead atoms. The van der Waals surface area contributed by atoms with Gasteiger partial charge in [-0.1, -0.05) is 6.42 Å². The minimum absolute atomic E-state index is 0. The van der Waals surface area contributed by atoms with Gasteiger partial charge < -0.3 is 16.4 Å². The number of carbonyl (C=O) groups is 2. The topological polar surface area (TPSA) is 102 Å². The van der Waals surface area contributed by atoms with Crippen LogP contribution < -0.4 is 16.4 Å². The Hall–Kier alpha value is -2.38. The molecule has 26 heavy (non-hydrogen) atoms. The van der Waals surface area contributed by atoms with Gasteiger partial charge in [0.2, 0.25) is 11.8 Å². The third-order valence-corrected chi connectivity index (χ3v) is 4.43. The summed E-state index contributed by atoms with van der Waals surface area (Å²) >= 11 is 0. The molecule has 0 radical (unpaired) electrons. The van der Waals surface area contributed by atoms with E-state index in [0.29, 0.717) is 12.1 Å². The number of nitrogens with one attached hydrogen (secondary N) is 2. The molecule has 1 saturated carbocycles. The zero-order valence-electron chi connectivity index (χ0n) is 14.4. The number of benzene rings is 1. The van der Waals surface area contributed by atoms with Crippen molar-refractivity contribution in [3.05, 3.63) is 42.7 Å². The van der Waals surface area contributed by atoms with Crippen LogP contribution >= 0.6 is 12.4 Å². The fourth-order valence-electron chi connectivity index (χ4n) is 3.10. The molecule has 0 spiro atoms. The molecule has 3 rings (SSSR count). The van der Waals surface area contributed by atoms with E-state index < -0.39 is 0 Å². The fraction of sp³-hybridized carbons (Fsp3) is 0.389. The van der Waals surface area contributed by atoms with Gasteiger partial charge >= 0.3 is 0 Å². The van der Waals surface area contributed by atoms with E-state index in [2.05, 4.69) is 15.7 Å². The highest BCUT2D eigenvalue weighted by Crippen LogP contribution is 2.23. The van der Waals surface area contributed by atoms with Gasteiger partial charge in [0.1, 0.15) is 0 Å². The molecule has 2 unspecified atom stereocenters. The molecular formula is C18H24ClN5O2. The molecule has 1 heterocycles. The Bertz CT molecular complexity index is 718. The van der Waals surface area contributed by atoms with Crippen molar-refractivity contribution in [3.8, 4) is 5.69 Å². The average Bonchev–Trinajstić information content (AvgIpc) is 3.15. The van der Waals surface area contributed by atoms with Gasteiger partial charge in [-0.05, 0) is 49.6 Å². The lowest BCUT2D eigenvalue weighted by molar-refractivity contribution is -0.128. The summed E-state index contributed by atoms with van der Waals surface area (Å²) in [6.07, 6.45) is 7.03. The summed E-state index contributed by atoms with van der Waals surface area (Å²) in [6, 6.07) is 9.27. The van der Waals surface area contributed by atoms with Crippen LogP contribution in [0.15, 0.2) is 42.7 Å². The SMILES string of the molecule is Cl.NC1CCCC(C(=O)NCC(=O)Nc2ccc(-n3cccn3)cc2)C1. The van der Waals surface area contributed by atoms with Crippen molar-refractivity contribution in [2.75, 3.05) is 11.9 Å². The normalized spacial score (nSPS) is 19.3. The Morgan fingerprint density at radius 3 is 2.65 bits per heavy atom. The first-order chi connectivity index (χ1) is 12.1. The molecule has 4 N–H and O–H groups in total. The first-order valence-corrected chi connectivity index (χ1v) is 8.55. The summed E-state index contributed by atoms with van der Waals surface area (Å²) < 4.78 is 1.74. The second-order valence-electron chi connectivity index (χ2n) is 6.39. The van der Waals surface area contributed by atoms with Gasteiger partial charge in [0.25, 0.3) is 0 Å². The predicted octanol–water partition coefficient (Wildman–Crippen LogP) is 1.87. The number of aromatic nitrogens is 2. The summed E-state index contributed by atoms with van der Waals surface area (Å²) in [6.45, 7) is -0.0362. The van der Waals surface area contributed by atoms with E-state index >= 15 is 0 Å². The maximum Gasteiger partial charge on any atom is 0.243 e. The number of rotatable bonds is 5. The molecule has 140 valence electrons. The van der Waals surface area contributed by atoms with E-state index in [9.17, 15) is 9.59 Å². The highest BCUT2D eigenvalue weighted by molar-refractivity contribution is 5.94. The second-order valence-corrected chi connectivity index (χ2v) is 6.39. The summed E-state index contributed by atoms with van der Waals surface area (Å²) in [4.78, 5) is 24.1. The molecule has 1 aromatic heterocycles. The van der Waals surface area contributed by atoms with Crippen LogP contribution in [0.2, 0.25) is 0 Å². The monoisotopic (exact) mass is 377 g/mol. The van der Waals surface area contributed by atoms with Gasteiger partial charge in [0.15, 0.2) is 0 Å². The number of anilines is 1. The quantitative estimate of drug-likeness (QED) is 0.740. The lowest BCUT2D eigenvalue weighted by atomic mass is 9.85. The van der Waals surface area contributed by atoms with Gasteiger partial charge in [0.05, 0.1) is 12.2 Å². The van der Waals surface area contributed by atoms with Crippen molar-refractivity contribution in [2.45, 2.75) is 31.7 Å². The standard InChI is InChI=1S/C18H23N5O2.ClH/c19-14-4-1-3-13(11-14)18(25)20-12-17(24)22-15-5-7-16(8-6-15)23-10-2-9-21-23;/h2,5-10,13-14H,1,3-4,11-12,19H2,(H,20,25)(H,22,24);1H. The first-order valence-electron chi connectivity index (χ1n) is 8.55. The van der Waals surface area contributed by atoms with Gasteiger partial charge in [-0.15, -0.1) is 12.4 Å². The van der Waals surface area contributed by atoms with Crippen LogP contribution in [0, 0.1) is 5.92 Å². The largest absolute Gasteiger partial charge is 0.347 e. The van der Waals surface area contributed by atoms with Crippen LogP contribution in [0.5, 0.6) is 0 Å². The van der Waals surface area contributed by atoms with Gasteiger partial charge in [-0.25, -0.2) is 4.68 Å². The number of hydrogen-bond donors (Lipinski definition) is 3. The highest BCUT2D eigenvalue weighted by Gasteiger charge is 2.25. The van der Waals surface area contributed by atoms with Crippen molar-refractivity contribution in [1.82, 2.24) is 15.1 Å². The first kappa shape index (κ1) is 19.9. The number of carbonyl (C=O) groups excluding carboxylic acids is 2. The minimum Gasteiger partial charge on any atom is -0.347 e. The summed E-state index contributed by atoms with van der Waals surface area (Å²) in [5, 5.41) is 9.63. The fourth-order valence-corrected chi connectivity index (χ4v) is 3.10. The zero-order chi connectivity index (χ0) is 17.6. The third kappa shape index (κ3) is 5.31. The van der Waals surface area contributed by atoms with Crippen LogP contribution in [0.25, 0.3) is 5.69 Å². The van der Waals surface area contributed by atoms with E-state index in [1.54, 1.807) is 23.0 Å². The molecule has 2 atom stereocenters. The van der Waals surface area contributed by atoms with E-state index in [4.69, 9.17) is 5.73 Å². The molecule has 8 heteroatoms. The number of nitrogens with two attached hydrogens (primary N) is 1. The number of nitrogens with zero attached hydrogens (tertiary/aromatic N) is 2. The van der Waals surface area contributed by atoms with Crippen molar-refractivity contribution in [3.63, 3.8) is 0 Å². The molecule has 0 aliphatic heterocycles. The molecule has 1 aliphatic rings. The second kappa shape index (κ2) is 9.35. The van der Waals surface area contributed by atoms with E-state index in [-0.39, 0.29) is 42.7 Å². The van der Waals surface area contributed by atoms with E-state index in [0.717, 1.165) is 24.9 Å². The van der Waals surface area contributed by atoms with Crippen LogP contribution in [0.3, 0.4) is 0 Å². The maximum atomic E-state index is 12.1. The Kier molecular flexibility index (Phi) is 7.17. The predicted molar refractivity (Wildman–Crippen MR) is 102 cm³/mol. The third-order valence-electron chi connectivity index (χ3n) is 4.43. The summed E-state index contributed by atoms with van der Waals surface area (Å²) in [5.41, 5.74) is 7.49. The molecule has 1 aromatic carbocycles. The van der Waals surface area contributed by atoms with Crippen molar-refractivity contribution >= 4 is 29.9 Å². The van der Waals surface area contributed by atoms with E-state index in [1.165, 1.54) is 0 Å². The van der Waals surface area contributed by atoms with Crippen LogP contribution in [0.1, 0.15) is 25.7 Å². The van der Waals surface area contributed by atoms with Gasteiger partial charge in [0, 0.05) is 30.0 Å². The highest BCUT2D eigenvalue weighted by atomic mass is 35.5. The Balaban J connectivity index is 0.00000243.